The number of hydrogen-bond donors (Lipinski definition) is 0. The SMILES string of the molecule is c1ccc(CSc2nccc(On3nnc4ccccc43)n2)cc1. The first kappa shape index (κ1) is 14.6. The summed E-state index contributed by atoms with van der Waals surface area (Å²) >= 11 is 1.56. The number of aromatic nitrogens is 5. The molecule has 0 aliphatic rings. The van der Waals surface area contributed by atoms with Crippen molar-refractivity contribution in [1.82, 2.24) is 25.1 Å². The molecule has 0 amide bonds. The summed E-state index contributed by atoms with van der Waals surface area (Å²) in [5.74, 6) is 1.23. The van der Waals surface area contributed by atoms with Crippen LogP contribution in [-0.2, 0) is 5.75 Å². The van der Waals surface area contributed by atoms with Crippen LogP contribution in [0.5, 0.6) is 5.88 Å². The van der Waals surface area contributed by atoms with E-state index in [0.717, 1.165) is 16.8 Å². The standard InChI is InChI=1S/C17H13N5OS/c1-2-6-13(7-3-1)12-24-17-18-11-10-16(19-17)23-22-15-9-5-4-8-14(15)20-21-22/h1-11H,12H2. The van der Waals surface area contributed by atoms with Crippen molar-refractivity contribution in [2.75, 3.05) is 0 Å². The molecule has 0 aliphatic carbocycles. The highest BCUT2D eigenvalue weighted by molar-refractivity contribution is 7.98. The van der Waals surface area contributed by atoms with Crippen LogP contribution in [0.3, 0.4) is 0 Å². The van der Waals surface area contributed by atoms with Crippen LogP contribution < -0.4 is 4.84 Å². The van der Waals surface area contributed by atoms with Crippen LogP contribution >= 0.6 is 11.8 Å². The number of nitrogens with zero attached hydrogens (tertiary/aromatic N) is 5. The molecule has 0 aliphatic heterocycles. The molecular weight excluding hydrogens is 322 g/mol. The van der Waals surface area contributed by atoms with Crippen LogP contribution in [0.1, 0.15) is 5.56 Å². The number of benzene rings is 2. The molecule has 0 saturated carbocycles. The van der Waals surface area contributed by atoms with E-state index >= 15 is 0 Å². The molecule has 2 aromatic carbocycles. The van der Waals surface area contributed by atoms with E-state index in [4.69, 9.17) is 4.84 Å². The minimum absolute atomic E-state index is 0.427. The maximum Gasteiger partial charge on any atom is 0.252 e. The van der Waals surface area contributed by atoms with Gasteiger partial charge in [0.1, 0.15) is 11.0 Å². The second-order valence-corrected chi connectivity index (χ2v) is 5.94. The highest BCUT2D eigenvalue weighted by Gasteiger charge is 2.07. The molecule has 0 saturated heterocycles. The van der Waals surface area contributed by atoms with Gasteiger partial charge in [-0.05, 0) is 22.9 Å². The van der Waals surface area contributed by atoms with Gasteiger partial charge in [-0.25, -0.2) is 4.98 Å². The average Bonchev–Trinajstić information content (AvgIpc) is 3.04. The zero-order valence-electron chi connectivity index (χ0n) is 12.6. The van der Waals surface area contributed by atoms with E-state index in [2.05, 4.69) is 32.4 Å². The highest BCUT2D eigenvalue weighted by Crippen LogP contribution is 2.21. The fraction of sp³-hybridized carbons (Fsp3) is 0.0588. The number of rotatable bonds is 5. The molecule has 0 atom stereocenters. The van der Waals surface area contributed by atoms with Crippen molar-refractivity contribution in [3.8, 4) is 5.88 Å². The molecule has 7 heteroatoms. The normalized spacial score (nSPS) is 10.8. The summed E-state index contributed by atoms with van der Waals surface area (Å²) in [6.45, 7) is 0. The molecule has 4 aromatic rings. The average molecular weight is 335 g/mol. The molecule has 0 spiro atoms. The molecule has 4 rings (SSSR count). The van der Waals surface area contributed by atoms with Gasteiger partial charge in [-0.1, -0.05) is 59.1 Å². The highest BCUT2D eigenvalue weighted by atomic mass is 32.2. The Bertz CT molecular complexity index is 957. The second-order valence-electron chi connectivity index (χ2n) is 4.99. The van der Waals surface area contributed by atoms with Gasteiger partial charge in [-0.2, -0.15) is 4.98 Å². The van der Waals surface area contributed by atoms with Crippen molar-refractivity contribution < 1.29 is 4.84 Å². The lowest BCUT2D eigenvalue weighted by Crippen LogP contribution is -2.08. The van der Waals surface area contributed by atoms with E-state index in [9.17, 15) is 0 Å². The fourth-order valence-corrected chi connectivity index (χ4v) is 2.95. The van der Waals surface area contributed by atoms with Crippen LogP contribution in [0.15, 0.2) is 72.0 Å². The summed E-state index contributed by atoms with van der Waals surface area (Å²) < 4.78 is 0. The van der Waals surface area contributed by atoms with Gasteiger partial charge in [0.05, 0.1) is 0 Å². The Morgan fingerprint density at radius 2 is 1.79 bits per heavy atom. The number of para-hydroxylation sites is 1. The molecule has 0 bridgehead atoms. The Labute approximate surface area is 142 Å². The predicted octanol–water partition coefficient (Wildman–Crippen LogP) is 3.36. The Morgan fingerprint density at radius 3 is 2.71 bits per heavy atom. The van der Waals surface area contributed by atoms with Gasteiger partial charge in [0.2, 0.25) is 0 Å². The number of thioether (sulfide) groups is 1. The van der Waals surface area contributed by atoms with E-state index in [1.54, 1.807) is 24.0 Å². The van der Waals surface area contributed by atoms with Gasteiger partial charge in [0, 0.05) is 18.0 Å². The van der Waals surface area contributed by atoms with Gasteiger partial charge in [-0.15, -0.1) is 5.10 Å². The summed E-state index contributed by atoms with van der Waals surface area (Å²) in [6, 6.07) is 19.5. The smallest absolute Gasteiger partial charge is 0.252 e. The third-order valence-electron chi connectivity index (χ3n) is 3.32. The number of hydrogen-bond acceptors (Lipinski definition) is 6. The molecule has 24 heavy (non-hydrogen) atoms. The van der Waals surface area contributed by atoms with Crippen LogP contribution in [0.25, 0.3) is 11.0 Å². The van der Waals surface area contributed by atoms with Gasteiger partial charge >= 0.3 is 0 Å². The van der Waals surface area contributed by atoms with E-state index in [0.29, 0.717) is 11.0 Å². The molecular formula is C17H13N5OS. The summed E-state index contributed by atoms with van der Waals surface area (Å²) in [4.78, 5) is 15.8. The quantitative estimate of drug-likeness (QED) is 0.411. The van der Waals surface area contributed by atoms with E-state index < -0.39 is 0 Å². The largest absolute Gasteiger partial charge is 0.335 e. The Hall–Kier alpha value is -2.93. The Kier molecular flexibility index (Phi) is 4.07. The molecule has 2 aromatic heterocycles. The summed E-state index contributed by atoms with van der Waals surface area (Å²) in [7, 11) is 0. The van der Waals surface area contributed by atoms with Gasteiger partial charge in [0.25, 0.3) is 5.88 Å². The lowest BCUT2D eigenvalue weighted by molar-refractivity contribution is 0.174. The second kappa shape index (κ2) is 6.67. The Morgan fingerprint density at radius 1 is 0.958 bits per heavy atom. The molecule has 0 N–H and O–H groups in total. The summed E-state index contributed by atoms with van der Waals surface area (Å²) in [5, 5.41) is 8.70. The fourth-order valence-electron chi connectivity index (χ4n) is 2.17. The van der Waals surface area contributed by atoms with E-state index in [-0.39, 0.29) is 0 Å². The maximum absolute atomic E-state index is 5.70. The molecule has 0 unspecified atom stereocenters. The number of fused-ring (bicyclic) bond motifs is 1. The Balaban J connectivity index is 1.50. The summed E-state index contributed by atoms with van der Waals surface area (Å²) in [6.07, 6.45) is 1.68. The molecule has 2 heterocycles. The molecule has 118 valence electrons. The monoisotopic (exact) mass is 335 g/mol. The van der Waals surface area contributed by atoms with Crippen molar-refractivity contribution >= 4 is 22.8 Å². The minimum atomic E-state index is 0.427. The third kappa shape index (κ3) is 3.21. The molecule has 0 radical (unpaired) electrons. The van der Waals surface area contributed by atoms with Crippen LogP contribution in [0, 0.1) is 0 Å². The lowest BCUT2D eigenvalue weighted by Gasteiger charge is -2.05. The lowest BCUT2D eigenvalue weighted by atomic mass is 10.2. The topological polar surface area (TPSA) is 65.7 Å². The third-order valence-corrected chi connectivity index (χ3v) is 4.25. The van der Waals surface area contributed by atoms with Crippen molar-refractivity contribution in [2.24, 2.45) is 0 Å². The van der Waals surface area contributed by atoms with Crippen molar-refractivity contribution in [3.05, 3.63) is 72.4 Å². The zero-order chi connectivity index (χ0) is 16.2. The maximum atomic E-state index is 5.70. The first-order valence-electron chi connectivity index (χ1n) is 7.37. The van der Waals surface area contributed by atoms with Crippen molar-refractivity contribution in [1.29, 1.82) is 0 Å². The predicted molar refractivity (Wildman–Crippen MR) is 91.6 cm³/mol. The molecule has 6 nitrogen and oxygen atoms in total. The van der Waals surface area contributed by atoms with Crippen LogP contribution in [-0.4, -0.2) is 25.1 Å². The van der Waals surface area contributed by atoms with Gasteiger partial charge in [0.15, 0.2) is 5.16 Å². The summed E-state index contributed by atoms with van der Waals surface area (Å²) in [5.41, 5.74) is 2.78. The van der Waals surface area contributed by atoms with Gasteiger partial charge < -0.3 is 4.84 Å². The van der Waals surface area contributed by atoms with Gasteiger partial charge in [-0.3, -0.25) is 0 Å². The molecule has 0 fully saturated rings. The van der Waals surface area contributed by atoms with Crippen molar-refractivity contribution in [2.45, 2.75) is 10.9 Å². The van der Waals surface area contributed by atoms with E-state index in [1.165, 1.54) is 10.4 Å². The zero-order valence-corrected chi connectivity index (χ0v) is 13.4. The first-order valence-corrected chi connectivity index (χ1v) is 8.35. The first-order chi connectivity index (χ1) is 11.9. The van der Waals surface area contributed by atoms with Crippen LogP contribution in [0.4, 0.5) is 0 Å². The minimum Gasteiger partial charge on any atom is -0.335 e. The van der Waals surface area contributed by atoms with Crippen molar-refractivity contribution in [3.63, 3.8) is 0 Å². The van der Waals surface area contributed by atoms with Crippen LogP contribution in [0.2, 0.25) is 0 Å². The van der Waals surface area contributed by atoms with E-state index in [1.807, 2.05) is 42.5 Å².